The Kier molecular flexibility index (Phi) is 4.33. The molecule has 3 aromatic heterocycles. The molecule has 0 saturated heterocycles. The number of benzene rings is 1. The van der Waals surface area contributed by atoms with Crippen molar-refractivity contribution in [2.45, 2.75) is 6.54 Å². The van der Waals surface area contributed by atoms with Gasteiger partial charge in [-0.05, 0) is 28.1 Å². The molecule has 25 heavy (non-hydrogen) atoms. The number of halogens is 1. The quantitative estimate of drug-likeness (QED) is 0.521. The number of hydrogen-bond acceptors (Lipinski definition) is 6. The van der Waals surface area contributed by atoms with Gasteiger partial charge in [0.2, 0.25) is 5.95 Å². The van der Waals surface area contributed by atoms with Gasteiger partial charge in [-0.1, -0.05) is 12.1 Å². The van der Waals surface area contributed by atoms with Crippen molar-refractivity contribution >= 4 is 43.4 Å². The number of rotatable bonds is 5. The SMILES string of the molecule is O=c1[nH]ccn1CCNc1ncc(Br)c(-c2nc3ccccc3s2)n1. The summed E-state index contributed by atoms with van der Waals surface area (Å²) in [6, 6.07) is 7.99. The normalized spacial score (nSPS) is 11.1. The molecule has 0 fully saturated rings. The van der Waals surface area contributed by atoms with Crippen LogP contribution in [0.5, 0.6) is 0 Å². The van der Waals surface area contributed by atoms with Gasteiger partial charge in [0.25, 0.3) is 0 Å². The van der Waals surface area contributed by atoms with E-state index in [0.717, 1.165) is 25.4 Å². The highest BCUT2D eigenvalue weighted by atomic mass is 79.9. The first-order chi connectivity index (χ1) is 12.2. The van der Waals surface area contributed by atoms with Gasteiger partial charge < -0.3 is 10.3 Å². The van der Waals surface area contributed by atoms with E-state index in [0.29, 0.717) is 19.0 Å². The van der Waals surface area contributed by atoms with Crippen LogP contribution in [0.25, 0.3) is 20.9 Å². The van der Waals surface area contributed by atoms with Crippen molar-refractivity contribution in [1.82, 2.24) is 24.5 Å². The molecule has 0 bridgehead atoms. The minimum atomic E-state index is -0.131. The Balaban J connectivity index is 1.56. The van der Waals surface area contributed by atoms with Crippen molar-refractivity contribution in [3.05, 3.63) is 57.8 Å². The van der Waals surface area contributed by atoms with Crippen LogP contribution >= 0.6 is 27.3 Å². The largest absolute Gasteiger partial charge is 0.352 e. The number of aromatic amines is 1. The second-order valence-corrected chi connectivity index (χ2v) is 7.15. The zero-order chi connectivity index (χ0) is 17.2. The maximum atomic E-state index is 11.5. The van der Waals surface area contributed by atoms with Crippen molar-refractivity contribution in [3.8, 4) is 10.7 Å². The minimum Gasteiger partial charge on any atom is -0.352 e. The van der Waals surface area contributed by atoms with E-state index in [1.54, 1.807) is 34.5 Å². The second-order valence-electron chi connectivity index (χ2n) is 5.26. The Morgan fingerprint density at radius 3 is 2.96 bits per heavy atom. The number of fused-ring (bicyclic) bond motifs is 1. The maximum Gasteiger partial charge on any atom is 0.325 e. The van der Waals surface area contributed by atoms with Gasteiger partial charge in [0.15, 0.2) is 0 Å². The van der Waals surface area contributed by atoms with E-state index in [1.807, 2.05) is 24.3 Å². The summed E-state index contributed by atoms with van der Waals surface area (Å²) < 4.78 is 3.49. The summed E-state index contributed by atoms with van der Waals surface area (Å²) in [6.45, 7) is 1.07. The molecule has 9 heteroatoms. The first kappa shape index (κ1) is 16.0. The van der Waals surface area contributed by atoms with Crippen LogP contribution in [0.15, 0.2) is 52.1 Å². The third-order valence-electron chi connectivity index (χ3n) is 3.60. The molecule has 0 unspecified atom stereocenters. The summed E-state index contributed by atoms with van der Waals surface area (Å²) in [5, 5.41) is 3.98. The zero-order valence-corrected chi connectivity index (χ0v) is 15.3. The molecule has 4 rings (SSSR count). The van der Waals surface area contributed by atoms with Gasteiger partial charge in [-0.25, -0.2) is 19.7 Å². The molecule has 0 atom stereocenters. The van der Waals surface area contributed by atoms with Crippen molar-refractivity contribution in [1.29, 1.82) is 0 Å². The lowest BCUT2D eigenvalue weighted by Gasteiger charge is -2.07. The second kappa shape index (κ2) is 6.77. The van der Waals surface area contributed by atoms with Crippen LogP contribution in [-0.4, -0.2) is 31.0 Å². The number of imidazole rings is 1. The number of hydrogen-bond donors (Lipinski definition) is 2. The highest BCUT2D eigenvalue weighted by molar-refractivity contribution is 9.10. The summed E-state index contributed by atoms with van der Waals surface area (Å²) in [6.07, 6.45) is 5.03. The molecule has 0 aliphatic rings. The number of para-hydroxylation sites is 1. The Labute approximate surface area is 154 Å². The average Bonchev–Trinajstić information content (AvgIpc) is 3.22. The van der Waals surface area contributed by atoms with E-state index in [4.69, 9.17) is 0 Å². The molecular formula is C16H13BrN6OS. The lowest BCUT2D eigenvalue weighted by atomic mass is 10.3. The first-order valence-electron chi connectivity index (χ1n) is 7.57. The lowest BCUT2D eigenvalue weighted by molar-refractivity contribution is 0.697. The van der Waals surface area contributed by atoms with Crippen molar-refractivity contribution in [2.75, 3.05) is 11.9 Å². The minimum absolute atomic E-state index is 0.131. The van der Waals surface area contributed by atoms with Gasteiger partial charge in [-0.15, -0.1) is 11.3 Å². The molecular weight excluding hydrogens is 404 g/mol. The molecule has 0 spiro atoms. The zero-order valence-electron chi connectivity index (χ0n) is 12.9. The molecule has 0 aliphatic heterocycles. The average molecular weight is 417 g/mol. The molecule has 0 radical (unpaired) electrons. The molecule has 126 valence electrons. The highest BCUT2D eigenvalue weighted by Crippen LogP contribution is 2.33. The van der Waals surface area contributed by atoms with Crippen LogP contribution in [0, 0.1) is 0 Å². The van der Waals surface area contributed by atoms with Crippen LogP contribution in [0.1, 0.15) is 0 Å². The van der Waals surface area contributed by atoms with Crippen molar-refractivity contribution in [2.24, 2.45) is 0 Å². The van der Waals surface area contributed by atoms with Crippen LogP contribution in [-0.2, 0) is 6.54 Å². The molecule has 0 aliphatic carbocycles. The van der Waals surface area contributed by atoms with Gasteiger partial charge in [0.05, 0.1) is 14.7 Å². The van der Waals surface area contributed by atoms with Gasteiger partial charge in [0.1, 0.15) is 10.7 Å². The van der Waals surface area contributed by atoms with Crippen LogP contribution in [0.4, 0.5) is 5.95 Å². The number of H-pyrrole nitrogens is 1. The number of nitrogens with zero attached hydrogens (tertiary/aromatic N) is 4. The topological polar surface area (TPSA) is 88.5 Å². The molecule has 3 heterocycles. The van der Waals surface area contributed by atoms with Gasteiger partial charge in [-0.2, -0.15) is 0 Å². The predicted octanol–water partition coefficient (Wildman–Crippen LogP) is 3.12. The molecule has 2 N–H and O–H groups in total. The number of thiazole rings is 1. The Bertz CT molecular complexity index is 1050. The van der Waals surface area contributed by atoms with Gasteiger partial charge in [-0.3, -0.25) is 4.57 Å². The van der Waals surface area contributed by atoms with E-state index in [1.165, 1.54) is 0 Å². The fourth-order valence-corrected chi connectivity index (χ4v) is 3.87. The molecule has 0 saturated carbocycles. The van der Waals surface area contributed by atoms with E-state index < -0.39 is 0 Å². The summed E-state index contributed by atoms with van der Waals surface area (Å²) in [5.41, 5.74) is 1.57. The number of nitrogens with one attached hydrogen (secondary N) is 2. The van der Waals surface area contributed by atoms with Gasteiger partial charge in [0, 0.05) is 31.7 Å². The van der Waals surface area contributed by atoms with Crippen molar-refractivity contribution in [3.63, 3.8) is 0 Å². The van der Waals surface area contributed by atoms with E-state index in [-0.39, 0.29) is 5.69 Å². The Hall–Kier alpha value is -2.52. The first-order valence-corrected chi connectivity index (χ1v) is 9.18. The Morgan fingerprint density at radius 2 is 2.16 bits per heavy atom. The third kappa shape index (κ3) is 3.33. The van der Waals surface area contributed by atoms with E-state index in [2.05, 4.69) is 41.2 Å². The summed E-state index contributed by atoms with van der Waals surface area (Å²) >= 11 is 5.09. The lowest BCUT2D eigenvalue weighted by Crippen LogP contribution is -2.21. The molecule has 0 amide bonds. The van der Waals surface area contributed by atoms with Crippen LogP contribution in [0.3, 0.4) is 0 Å². The van der Waals surface area contributed by atoms with Crippen LogP contribution in [0.2, 0.25) is 0 Å². The third-order valence-corrected chi connectivity index (χ3v) is 5.22. The fourth-order valence-electron chi connectivity index (χ4n) is 2.39. The molecule has 7 nitrogen and oxygen atoms in total. The fraction of sp³-hybridized carbons (Fsp3) is 0.125. The van der Waals surface area contributed by atoms with Gasteiger partial charge >= 0.3 is 5.69 Å². The Morgan fingerprint density at radius 1 is 1.28 bits per heavy atom. The smallest absolute Gasteiger partial charge is 0.325 e. The monoisotopic (exact) mass is 416 g/mol. The summed E-state index contributed by atoms with van der Waals surface area (Å²) in [7, 11) is 0. The molecule has 1 aromatic carbocycles. The number of aromatic nitrogens is 5. The number of anilines is 1. The van der Waals surface area contributed by atoms with Crippen LogP contribution < -0.4 is 11.0 Å². The van der Waals surface area contributed by atoms with E-state index in [9.17, 15) is 4.79 Å². The predicted molar refractivity (Wildman–Crippen MR) is 102 cm³/mol. The molecule has 4 aromatic rings. The summed E-state index contributed by atoms with van der Waals surface area (Å²) in [4.78, 5) is 27.5. The maximum absolute atomic E-state index is 11.5. The summed E-state index contributed by atoms with van der Waals surface area (Å²) in [5.74, 6) is 0.501. The standard InChI is InChI=1S/C16H13BrN6OS/c17-10-9-20-15(18-5-7-23-8-6-19-16(23)24)22-13(10)14-21-11-3-1-2-4-12(11)25-14/h1-4,6,8-9H,5,7H2,(H,19,24)(H,18,20,22). The van der Waals surface area contributed by atoms with Crippen molar-refractivity contribution < 1.29 is 0 Å². The van der Waals surface area contributed by atoms with E-state index >= 15 is 0 Å². The highest BCUT2D eigenvalue weighted by Gasteiger charge is 2.12.